The fourth-order valence-corrected chi connectivity index (χ4v) is 2.83. The molecule has 20 heavy (non-hydrogen) atoms. The molecule has 1 heterocycles. The summed E-state index contributed by atoms with van der Waals surface area (Å²) in [6.45, 7) is 10.6. The molecule has 1 aromatic carbocycles. The van der Waals surface area contributed by atoms with Crippen molar-refractivity contribution >= 4 is 0 Å². The van der Waals surface area contributed by atoms with Crippen LogP contribution < -0.4 is 0 Å². The number of hydrogen-bond acceptors (Lipinski definition) is 1. The lowest BCUT2D eigenvalue weighted by molar-refractivity contribution is -0.0166. The first-order chi connectivity index (χ1) is 9.20. The van der Waals surface area contributed by atoms with E-state index < -0.39 is 11.6 Å². The summed E-state index contributed by atoms with van der Waals surface area (Å²) < 4.78 is 32.7. The first-order valence-electron chi connectivity index (χ1n) is 7.31. The molecule has 0 aliphatic carbocycles. The molecule has 3 atom stereocenters. The first kappa shape index (κ1) is 15.4. The Morgan fingerprint density at radius 3 is 2.35 bits per heavy atom. The molecule has 2 rings (SSSR count). The highest BCUT2D eigenvalue weighted by molar-refractivity contribution is 5.30. The molecule has 1 fully saturated rings. The molecule has 0 saturated carbocycles. The molecule has 1 aliphatic rings. The Hall–Kier alpha value is -0.960. The largest absolute Gasteiger partial charge is 0.370 e. The second kappa shape index (κ2) is 5.44. The van der Waals surface area contributed by atoms with Crippen LogP contribution in [0.5, 0.6) is 0 Å². The Kier molecular flexibility index (Phi) is 4.19. The number of aryl methyl sites for hydroxylation is 1. The quantitative estimate of drug-likeness (QED) is 0.726. The Bertz CT molecular complexity index is 490. The maximum atomic E-state index is 13.4. The molecule has 0 spiro atoms. The van der Waals surface area contributed by atoms with Crippen LogP contribution in [-0.2, 0) is 4.74 Å². The number of halogens is 2. The summed E-state index contributed by atoms with van der Waals surface area (Å²) in [5.41, 5.74) is 1.73. The lowest BCUT2D eigenvalue weighted by Crippen LogP contribution is -2.29. The normalized spacial score (nSPS) is 24.9. The Morgan fingerprint density at radius 1 is 1.15 bits per heavy atom. The molecule has 1 saturated heterocycles. The minimum atomic E-state index is -0.790. The van der Waals surface area contributed by atoms with Gasteiger partial charge in [-0.1, -0.05) is 27.7 Å². The molecule has 112 valence electrons. The molecule has 3 heteroatoms. The van der Waals surface area contributed by atoms with Gasteiger partial charge in [0.05, 0.1) is 12.2 Å². The topological polar surface area (TPSA) is 9.23 Å². The molecular weight excluding hydrogens is 258 g/mol. The van der Waals surface area contributed by atoms with Gasteiger partial charge in [0.2, 0.25) is 0 Å². The van der Waals surface area contributed by atoms with Crippen LogP contribution in [0.2, 0.25) is 0 Å². The summed E-state index contributed by atoms with van der Waals surface area (Å²) in [6, 6.07) is 2.55. The van der Waals surface area contributed by atoms with Crippen molar-refractivity contribution < 1.29 is 13.5 Å². The molecule has 0 aromatic heterocycles. The van der Waals surface area contributed by atoms with E-state index in [0.717, 1.165) is 24.0 Å². The number of benzene rings is 1. The van der Waals surface area contributed by atoms with Gasteiger partial charge in [0.25, 0.3) is 0 Å². The van der Waals surface area contributed by atoms with Gasteiger partial charge in [-0.25, -0.2) is 8.78 Å². The van der Waals surface area contributed by atoms with Crippen LogP contribution >= 0.6 is 0 Å². The molecule has 1 aliphatic heterocycles. The third kappa shape index (κ3) is 3.03. The van der Waals surface area contributed by atoms with Gasteiger partial charge >= 0.3 is 0 Å². The van der Waals surface area contributed by atoms with E-state index in [9.17, 15) is 8.78 Å². The van der Waals surface area contributed by atoms with E-state index in [-0.39, 0.29) is 17.6 Å². The zero-order valence-electron chi connectivity index (χ0n) is 13.0. The fourth-order valence-electron chi connectivity index (χ4n) is 2.83. The highest BCUT2D eigenvalue weighted by Crippen LogP contribution is 2.42. The molecule has 0 radical (unpaired) electrons. The standard InChI is InChI=1S/C17H24F2O/c1-10-8-13(18)14(19)9-12(10)16-7-6-15(20-16)11(2)17(3,4)5/h8-9,11,15-16H,6-7H2,1-5H3/t11-,15-,16+/m0/s1. The van der Waals surface area contributed by atoms with Crippen LogP contribution in [-0.4, -0.2) is 6.10 Å². The van der Waals surface area contributed by atoms with Crippen molar-refractivity contribution in [3.8, 4) is 0 Å². The maximum Gasteiger partial charge on any atom is 0.159 e. The van der Waals surface area contributed by atoms with Gasteiger partial charge in [-0.3, -0.25) is 0 Å². The van der Waals surface area contributed by atoms with Crippen LogP contribution in [0.15, 0.2) is 12.1 Å². The summed E-state index contributed by atoms with van der Waals surface area (Å²) in [6.07, 6.45) is 1.92. The smallest absolute Gasteiger partial charge is 0.159 e. The van der Waals surface area contributed by atoms with E-state index in [2.05, 4.69) is 27.7 Å². The minimum Gasteiger partial charge on any atom is -0.370 e. The van der Waals surface area contributed by atoms with Crippen LogP contribution in [0.3, 0.4) is 0 Å². The summed E-state index contributed by atoms with van der Waals surface area (Å²) in [5.74, 6) is -1.15. The lowest BCUT2D eigenvalue weighted by Gasteiger charge is -2.32. The number of ether oxygens (including phenoxy) is 1. The zero-order chi connectivity index (χ0) is 15.1. The third-order valence-corrected chi connectivity index (χ3v) is 4.63. The molecule has 0 N–H and O–H groups in total. The van der Waals surface area contributed by atoms with Gasteiger partial charge in [-0.15, -0.1) is 0 Å². The van der Waals surface area contributed by atoms with Gasteiger partial charge in [0, 0.05) is 0 Å². The monoisotopic (exact) mass is 282 g/mol. The zero-order valence-corrected chi connectivity index (χ0v) is 13.0. The van der Waals surface area contributed by atoms with Crippen molar-refractivity contribution in [3.05, 3.63) is 34.9 Å². The van der Waals surface area contributed by atoms with Gasteiger partial charge in [-0.05, 0) is 54.4 Å². The van der Waals surface area contributed by atoms with Crippen molar-refractivity contribution in [2.24, 2.45) is 11.3 Å². The maximum absolute atomic E-state index is 13.4. The Labute approximate surface area is 120 Å². The second-order valence-electron chi connectivity index (χ2n) is 7.02. The average Bonchev–Trinajstić information content (AvgIpc) is 2.80. The van der Waals surface area contributed by atoms with Gasteiger partial charge in [-0.2, -0.15) is 0 Å². The van der Waals surface area contributed by atoms with Crippen LogP contribution in [0, 0.1) is 29.9 Å². The highest BCUT2D eigenvalue weighted by atomic mass is 19.2. The minimum absolute atomic E-state index is 0.111. The number of hydrogen-bond donors (Lipinski definition) is 0. The van der Waals surface area contributed by atoms with Crippen molar-refractivity contribution in [1.29, 1.82) is 0 Å². The van der Waals surface area contributed by atoms with E-state index in [1.165, 1.54) is 12.1 Å². The number of rotatable bonds is 2. The van der Waals surface area contributed by atoms with E-state index >= 15 is 0 Å². The SMILES string of the molecule is Cc1cc(F)c(F)cc1[C@H]1CC[C@@H]([C@H](C)C(C)(C)C)O1. The molecular formula is C17H24F2O. The molecule has 0 unspecified atom stereocenters. The Morgan fingerprint density at radius 2 is 1.75 bits per heavy atom. The average molecular weight is 282 g/mol. The van der Waals surface area contributed by atoms with Crippen LogP contribution in [0.1, 0.15) is 57.8 Å². The summed E-state index contributed by atoms with van der Waals surface area (Å²) in [7, 11) is 0. The fraction of sp³-hybridized carbons (Fsp3) is 0.647. The van der Waals surface area contributed by atoms with E-state index in [1.807, 2.05) is 6.92 Å². The molecule has 0 bridgehead atoms. The first-order valence-corrected chi connectivity index (χ1v) is 7.31. The van der Waals surface area contributed by atoms with Crippen molar-refractivity contribution in [2.75, 3.05) is 0 Å². The molecule has 1 aromatic rings. The van der Waals surface area contributed by atoms with E-state index in [0.29, 0.717) is 5.92 Å². The highest BCUT2D eigenvalue weighted by Gasteiger charge is 2.36. The third-order valence-electron chi connectivity index (χ3n) is 4.63. The Balaban J connectivity index is 2.16. The lowest BCUT2D eigenvalue weighted by atomic mass is 9.78. The van der Waals surface area contributed by atoms with Gasteiger partial charge in [0.15, 0.2) is 11.6 Å². The predicted octanol–water partition coefficient (Wildman–Crippen LogP) is 5.18. The van der Waals surface area contributed by atoms with Crippen molar-refractivity contribution in [2.45, 2.75) is 59.7 Å². The summed E-state index contributed by atoms with van der Waals surface area (Å²) >= 11 is 0. The predicted molar refractivity (Wildman–Crippen MR) is 76.6 cm³/mol. The molecule has 0 amide bonds. The molecule has 1 nitrogen and oxygen atoms in total. The van der Waals surface area contributed by atoms with Crippen LogP contribution in [0.25, 0.3) is 0 Å². The summed E-state index contributed by atoms with van der Waals surface area (Å²) in [5, 5.41) is 0. The van der Waals surface area contributed by atoms with E-state index in [1.54, 1.807) is 0 Å². The van der Waals surface area contributed by atoms with Crippen molar-refractivity contribution in [1.82, 2.24) is 0 Å². The second-order valence-corrected chi connectivity index (χ2v) is 7.02. The van der Waals surface area contributed by atoms with Gasteiger partial charge in [0.1, 0.15) is 0 Å². The van der Waals surface area contributed by atoms with Crippen molar-refractivity contribution in [3.63, 3.8) is 0 Å². The van der Waals surface area contributed by atoms with E-state index in [4.69, 9.17) is 4.74 Å². The van der Waals surface area contributed by atoms with Gasteiger partial charge < -0.3 is 4.74 Å². The van der Waals surface area contributed by atoms with Crippen LogP contribution in [0.4, 0.5) is 8.78 Å². The summed E-state index contributed by atoms with van der Waals surface area (Å²) in [4.78, 5) is 0.